The summed E-state index contributed by atoms with van der Waals surface area (Å²) in [6, 6.07) is 7.88. The Labute approximate surface area is 105 Å². The first-order valence-electron chi connectivity index (χ1n) is 4.58. The molecular formula is C11H9Cl2OZr. The topological polar surface area (TPSA) is 9.23 Å². The minimum absolute atomic E-state index is 0.812. The molecule has 2 rings (SSSR count). The normalized spacial score (nSPS) is 13.9. The summed E-state index contributed by atoms with van der Waals surface area (Å²) in [5.74, 6) is 0.812. The molecule has 0 aliphatic heterocycles. The van der Waals surface area contributed by atoms with Crippen LogP contribution in [0, 0.1) is 0 Å². The van der Waals surface area contributed by atoms with E-state index in [4.69, 9.17) is 19.8 Å². The number of para-hydroxylation sites is 1. The molecule has 0 spiro atoms. The van der Waals surface area contributed by atoms with Crippen LogP contribution in [0.5, 0.6) is 5.75 Å². The first-order valence-corrected chi connectivity index (χ1v) is 11.9. The van der Waals surface area contributed by atoms with Gasteiger partial charge in [0, 0.05) is 0 Å². The third-order valence-electron chi connectivity index (χ3n) is 2.19. The van der Waals surface area contributed by atoms with Crippen molar-refractivity contribution in [1.82, 2.24) is 0 Å². The van der Waals surface area contributed by atoms with Crippen LogP contribution in [0.15, 0.2) is 42.5 Å². The molecule has 0 amide bonds. The molecule has 0 heterocycles. The van der Waals surface area contributed by atoms with E-state index in [-0.39, 0.29) is 0 Å². The van der Waals surface area contributed by atoms with E-state index in [1.807, 2.05) is 30.3 Å². The molecular weight excluding hydrogens is 310 g/mol. The molecule has 0 saturated carbocycles. The van der Waals surface area contributed by atoms with Gasteiger partial charge in [0.15, 0.2) is 0 Å². The number of hydrogen-bond acceptors (Lipinski definition) is 1. The fraction of sp³-hybridized carbons (Fsp3) is 0.0909. The van der Waals surface area contributed by atoms with Gasteiger partial charge in [-0.1, -0.05) is 0 Å². The molecule has 0 aromatic heterocycles. The maximum absolute atomic E-state index is 5.80. The van der Waals surface area contributed by atoms with Gasteiger partial charge >= 0.3 is 105 Å². The zero-order valence-electron chi connectivity index (χ0n) is 7.91. The van der Waals surface area contributed by atoms with Gasteiger partial charge in [-0.2, -0.15) is 0 Å². The van der Waals surface area contributed by atoms with Crippen molar-refractivity contribution in [1.29, 1.82) is 0 Å². The van der Waals surface area contributed by atoms with Gasteiger partial charge < -0.3 is 0 Å². The SMILES string of the molecule is [Cl][Zr]([Cl])[O]c1ccccc1C1=CC=CC1. The Kier molecular flexibility index (Phi) is 4.08. The van der Waals surface area contributed by atoms with Crippen LogP contribution in [-0.2, 0) is 19.8 Å². The standard InChI is InChI=1S/C11H10O.2ClH.Zr/c12-11-8-4-3-7-10(11)9-5-1-2-6-9;;;/h1-5,7-8,12H,6H2;2*1H;/q;;;+3/p-3. The average molecular weight is 319 g/mol. The molecule has 0 bridgehead atoms. The zero-order valence-corrected chi connectivity index (χ0v) is 11.9. The first kappa shape index (κ1) is 11.4. The molecule has 0 saturated heterocycles. The predicted molar refractivity (Wildman–Crippen MR) is 60.5 cm³/mol. The summed E-state index contributed by atoms with van der Waals surface area (Å²) in [7, 11) is 11.6. The van der Waals surface area contributed by atoms with E-state index in [1.165, 1.54) is 5.57 Å². The quantitative estimate of drug-likeness (QED) is 0.809. The van der Waals surface area contributed by atoms with E-state index in [1.54, 1.807) is 0 Å². The summed E-state index contributed by atoms with van der Waals surface area (Å²) >= 11 is -2.59. The second kappa shape index (κ2) is 5.34. The van der Waals surface area contributed by atoms with E-state index in [2.05, 4.69) is 12.2 Å². The van der Waals surface area contributed by atoms with Crippen LogP contribution in [0.4, 0.5) is 0 Å². The monoisotopic (exact) mass is 317 g/mol. The van der Waals surface area contributed by atoms with Crippen LogP contribution in [0.3, 0.4) is 0 Å². The molecule has 77 valence electrons. The second-order valence-electron chi connectivity index (χ2n) is 3.15. The summed E-state index contributed by atoms with van der Waals surface area (Å²) in [5.41, 5.74) is 2.35. The van der Waals surface area contributed by atoms with Crippen LogP contribution in [-0.4, -0.2) is 0 Å². The van der Waals surface area contributed by atoms with Gasteiger partial charge in [0.1, 0.15) is 0 Å². The number of benzene rings is 1. The van der Waals surface area contributed by atoms with E-state index in [9.17, 15) is 0 Å². The van der Waals surface area contributed by atoms with Crippen LogP contribution in [0.1, 0.15) is 12.0 Å². The third-order valence-corrected chi connectivity index (χ3v) is 4.02. The Morgan fingerprint density at radius 2 is 2.00 bits per heavy atom. The van der Waals surface area contributed by atoms with Gasteiger partial charge in [-0.25, -0.2) is 0 Å². The summed E-state index contributed by atoms with van der Waals surface area (Å²) < 4.78 is 5.52. The Bertz CT molecular complexity index is 413. The number of halogens is 2. The van der Waals surface area contributed by atoms with Gasteiger partial charge in [-0.05, 0) is 0 Å². The van der Waals surface area contributed by atoms with Crippen molar-refractivity contribution in [3.8, 4) is 5.75 Å². The molecule has 0 unspecified atom stereocenters. The van der Waals surface area contributed by atoms with Crippen molar-refractivity contribution in [2.75, 3.05) is 0 Å². The van der Waals surface area contributed by atoms with Crippen molar-refractivity contribution >= 4 is 22.6 Å². The van der Waals surface area contributed by atoms with E-state index in [0.717, 1.165) is 17.7 Å². The number of hydrogen-bond donors (Lipinski definition) is 0. The Morgan fingerprint density at radius 3 is 2.67 bits per heavy atom. The molecule has 0 N–H and O–H groups in total. The molecule has 4 heteroatoms. The van der Waals surface area contributed by atoms with E-state index >= 15 is 0 Å². The van der Waals surface area contributed by atoms with Gasteiger partial charge in [-0.15, -0.1) is 0 Å². The Morgan fingerprint density at radius 1 is 1.20 bits per heavy atom. The zero-order chi connectivity index (χ0) is 10.7. The summed E-state index contributed by atoms with van der Waals surface area (Å²) in [6.45, 7) is 0. The van der Waals surface area contributed by atoms with Gasteiger partial charge in [-0.3, -0.25) is 0 Å². The van der Waals surface area contributed by atoms with Crippen molar-refractivity contribution in [3.05, 3.63) is 48.1 Å². The van der Waals surface area contributed by atoms with Crippen LogP contribution in [0.2, 0.25) is 0 Å². The fourth-order valence-corrected chi connectivity index (χ4v) is 3.38. The molecule has 1 aliphatic carbocycles. The van der Waals surface area contributed by atoms with Crippen LogP contribution >= 0.6 is 17.0 Å². The van der Waals surface area contributed by atoms with E-state index in [0.29, 0.717) is 0 Å². The maximum atomic E-state index is 5.80. The predicted octanol–water partition coefficient (Wildman–Crippen LogP) is 4.25. The summed E-state index contributed by atoms with van der Waals surface area (Å²) in [6.07, 6.45) is 7.21. The Balaban J connectivity index is 2.29. The fourth-order valence-electron chi connectivity index (χ4n) is 1.55. The molecule has 1 aliphatic rings. The minimum atomic E-state index is -2.59. The molecule has 1 aromatic rings. The van der Waals surface area contributed by atoms with Gasteiger partial charge in [0.25, 0.3) is 0 Å². The van der Waals surface area contributed by atoms with Gasteiger partial charge in [0.05, 0.1) is 0 Å². The second-order valence-corrected chi connectivity index (χ2v) is 9.97. The van der Waals surface area contributed by atoms with Crippen LogP contribution < -0.4 is 2.81 Å². The first-order chi connectivity index (χ1) is 7.27. The summed E-state index contributed by atoms with van der Waals surface area (Å²) in [4.78, 5) is 0. The van der Waals surface area contributed by atoms with E-state index < -0.39 is 19.8 Å². The molecule has 1 aromatic carbocycles. The average Bonchev–Trinajstić information content (AvgIpc) is 2.70. The Hall–Kier alpha value is -0.0369. The van der Waals surface area contributed by atoms with Crippen molar-refractivity contribution < 1.29 is 22.6 Å². The van der Waals surface area contributed by atoms with Crippen molar-refractivity contribution in [3.63, 3.8) is 0 Å². The van der Waals surface area contributed by atoms with Crippen molar-refractivity contribution in [2.24, 2.45) is 0 Å². The molecule has 0 radical (unpaired) electrons. The molecule has 0 atom stereocenters. The summed E-state index contributed by atoms with van der Waals surface area (Å²) in [5, 5.41) is 0. The molecule has 1 nitrogen and oxygen atoms in total. The number of allylic oxidation sites excluding steroid dienone is 4. The third kappa shape index (κ3) is 2.96. The number of rotatable bonds is 3. The van der Waals surface area contributed by atoms with Crippen LogP contribution in [0.25, 0.3) is 5.57 Å². The molecule has 0 fully saturated rings. The van der Waals surface area contributed by atoms with Gasteiger partial charge in [0.2, 0.25) is 0 Å². The molecule has 15 heavy (non-hydrogen) atoms. The van der Waals surface area contributed by atoms with Crippen molar-refractivity contribution in [2.45, 2.75) is 6.42 Å².